The molecule has 0 unspecified atom stereocenters. The van der Waals surface area contributed by atoms with Gasteiger partial charge in [0.2, 0.25) is 5.91 Å². The number of methoxy groups -OCH3 is 1. The second-order valence-corrected chi connectivity index (χ2v) is 6.35. The molecule has 0 aliphatic carbocycles. The fourth-order valence-electron chi connectivity index (χ4n) is 2.79. The molecule has 2 rings (SSSR count). The van der Waals surface area contributed by atoms with E-state index < -0.39 is 0 Å². The molecular weight excluding hydrogens is 312 g/mol. The van der Waals surface area contributed by atoms with Crippen molar-refractivity contribution >= 4 is 11.6 Å². The number of hydrogen-bond acceptors (Lipinski definition) is 3. The third-order valence-electron chi connectivity index (χ3n) is 4.15. The summed E-state index contributed by atoms with van der Waals surface area (Å²) in [4.78, 5) is 12.1. The number of anilines is 1. The molecule has 0 saturated heterocycles. The van der Waals surface area contributed by atoms with Gasteiger partial charge in [-0.2, -0.15) is 0 Å². The molecule has 0 atom stereocenters. The van der Waals surface area contributed by atoms with E-state index in [1.54, 1.807) is 7.11 Å². The van der Waals surface area contributed by atoms with Crippen LogP contribution < -0.4 is 15.4 Å². The molecule has 0 heterocycles. The minimum Gasteiger partial charge on any atom is -0.496 e. The lowest BCUT2D eigenvalue weighted by molar-refractivity contribution is -0.116. The predicted octanol–water partition coefficient (Wildman–Crippen LogP) is 3.98. The highest BCUT2D eigenvalue weighted by Crippen LogP contribution is 2.23. The molecule has 0 aliphatic heterocycles. The monoisotopic (exact) mass is 340 g/mol. The van der Waals surface area contributed by atoms with Crippen molar-refractivity contribution in [2.45, 2.75) is 32.6 Å². The zero-order valence-electron chi connectivity index (χ0n) is 15.3. The number of hydrogen-bond donors (Lipinski definition) is 2. The molecular formula is C21H28N2O2. The van der Waals surface area contributed by atoms with Gasteiger partial charge in [0.05, 0.1) is 7.11 Å². The number of para-hydroxylation sites is 2. The van der Waals surface area contributed by atoms with Crippen molar-refractivity contribution in [3.63, 3.8) is 0 Å². The summed E-state index contributed by atoms with van der Waals surface area (Å²) in [6.07, 6.45) is 1.33. The van der Waals surface area contributed by atoms with Gasteiger partial charge in [0.15, 0.2) is 0 Å². The topological polar surface area (TPSA) is 50.4 Å². The first-order valence-electron chi connectivity index (χ1n) is 8.83. The molecule has 25 heavy (non-hydrogen) atoms. The van der Waals surface area contributed by atoms with Gasteiger partial charge >= 0.3 is 0 Å². The van der Waals surface area contributed by atoms with Gasteiger partial charge < -0.3 is 15.4 Å². The van der Waals surface area contributed by atoms with Gasteiger partial charge in [0, 0.05) is 18.7 Å². The van der Waals surface area contributed by atoms with Crippen LogP contribution in [0.1, 0.15) is 37.3 Å². The highest BCUT2D eigenvalue weighted by molar-refractivity contribution is 5.91. The zero-order valence-corrected chi connectivity index (χ0v) is 15.3. The standard InChI is InChI=1S/C21H28N2O2/c1-16(2)18-9-5-6-10-19(18)23-21(24)13-15-22-14-12-17-8-4-7-11-20(17)25-3/h4-11,16,22H,12-15H2,1-3H3,(H,23,24). The van der Waals surface area contributed by atoms with Crippen molar-refractivity contribution in [1.29, 1.82) is 0 Å². The normalized spacial score (nSPS) is 10.7. The van der Waals surface area contributed by atoms with Crippen molar-refractivity contribution < 1.29 is 9.53 Å². The number of benzene rings is 2. The van der Waals surface area contributed by atoms with Crippen molar-refractivity contribution in [1.82, 2.24) is 5.32 Å². The summed E-state index contributed by atoms with van der Waals surface area (Å²) >= 11 is 0. The first kappa shape index (κ1) is 19.0. The maximum atomic E-state index is 12.1. The van der Waals surface area contributed by atoms with Crippen LogP contribution in [0, 0.1) is 0 Å². The van der Waals surface area contributed by atoms with Crippen LogP contribution in [0.2, 0.25) is 0 Å². The lowest BCUT2D eigenvalue weighted by atomic mass is 10.0. The molecule has 4 heteroatoms. The minimum absolute atomic E-state index is 0.0397. The SMILES string of the molecule is COc1ccccc1CCNCCC(=O)Nc1ccccc1C(C)C. The Morgan fingerprint density at radius 1 is 1.04 bits per heavy atom. The van der Waals surface area contributed by atoms with E-state index in [1.165, 1.54) is 11.1 Å². The first-order valence-corrected chi connectivity index (χ1v) is 8.83. The van der Waals surface area contributed by atoms with E-state index in [0.29, 0.717) is 18.9 Å². The summed E-state index contributed by atoms with van der Waals surface area (Å²) in [7, 11) is 1.69. The average molecular weight is 340 g/mol. The van der Waals surface area contributed by atoms with Crippen LogP contribution in [0.5, 0.6) is 5.75 Å². The third-order valence-corrected chi connectivity index (χ3v) is 4.15. The molecule has 0 radical (unpaired) electrons. The number of rotatable bonds is 9. The second kappa shape index (κ2) is 9.84. The van der Waals surface area contributed by atoms with Crippen molar-refractivity contribution in [3.05, 3.63) is 59.7 Å². The molecule has 0 spiro atoms. The van der Waals surface area contributed by atoms with Crippen LogP contribution in [0.3, 0.4) is 0 Å². The summed E-state index contributed by atoms with van der Waals surface area (Å²) in [5, 5.41) is 6.34. The highest BCUT2D eigenvalue weighted by Gasteiger charge is 2.09. The zero-order chi connectivity index (χ0) is 18.1. The third kappa shape index (κ3) is 5.91. The number of nitrogens with one attached hydrogen (secondary N) is 2. The molecule has 2 aromatic rings. The van der Waals surface area contributed by atoms with E-state index in [-0.39, 0.29) is 5.91 Å². The van der Waals surface area contributed by atoms with Gasteiger partial charge in [-0.3, -0.25) is 4.79 Å². The highest BCUT2D eigenvalue weighted by atomic mass is 16.5. The van der Waals surface area contributed by atoms with Crippen LogP contribution >= 0.6 is 0 Å². The molecule has 1 amide bonds. The summed E-state index contributed by atoms with van der Waals surface area (Å²) in [5.74, 6) is 1.33. The van der Waals surface area contributed by atoms with E-state index >= 15 is 0 Å². The Morgan fingerprint density at radius 2 is 1.76 bits per heavy atom. The van der Waals surface area contributed by atoms with Gasteiger partial charge in [-0.25, -0.2) is 0 Å². The van der Waals surface area contributed by atoms with Gasteiger partial charge in [0.1, 0.15) is 5.75 Å². The molecule has 0 aliphatic rings. The number of carbonyl (C=O) groups excluding carboxylic acids is 1. The number of carbonyl (C=O) groups is 1. The second-order valence-electron chi connectivity index (χ2n) is 6.35. The van der Waals surface area contributed by atoms with E-state index in [9.17, 15) is 4.79 Å². The van der Waals surface area contributed by atoms with E-state index in [1.807, 2.05) is 36.4 Å². The fourth-order valence-corrected chi connectivity index (χ4v) is 2.79. The van der Waals surface area contributed by atoms with Crippen molar-refractivity contribution in [3.8, 4) is 5.75 Å². The Kier molecular flexibility index (Phi) is 7.48. The van der Waals surface area contributed by atoms with Crippen LogP contribution in [0.25, 0.3) is 0 Å². The molecule has 0 saturated carbocycles. The molecule has 0 fully saturated rings. The van der Waals surface area contributed by atoms with E-state index in [4.69, 9.17) is 4.74 Å². The van der Waals surface area contributed by atoms with E-state index in [2.05, 4.69) is 36.6 Å². The van der Waals surface area contributed by atoms with Crippen LogP contribution in [-0.4, -0.2) is 26.1 Å². The summed E-state index contributed by atoms with van der Waals surface area (Å²) in [6, 6.07) is 16.0. The Hall–Kier alpha value is -2.33. The first-order chi connectivity index (χ1) is 12.1. The molecule has 134 valence electrons. The Balaban J connectivity index is 1.73. The Morgan fingerprint density at radius 3 is 2.52 bits per heavy atom. The van der Waals surface area contributed by atoms with Crippen LogP contribution in [0.15, 0.2) is 48.5 Å². The van der Waals surface area contributed by atoms with Crippen LogP contribution in [-0.2, 0) is 11.2 Å². The van der Waals surface area contributed by atoms with Gasteiger partial charge in [-0.15, -0.1) is 0 Å². The molecule has 2 aromatic carbocycles. The van der Waals surface area contributed by atoms with Crippen molar-refractivity contribution in [2.24, 2.45) is 0 Å². The maximum Gasteiger partial charge on any atom is 0.225 e. The summed E-state index contributed by atoms with van der Waals surface area (Å²) in [6.45, 7) is 5.73. The van der Waals surface area contributed by atoms with Gasteiger partial charge in [0.25, 0.3) is 0 Å². The lowest BCUT2D eigenvalue weighted by Gasteiger charge is -2.14. The predicted molar refractivity (Wildman–Crippen MR) is 103 cm³/mol. The van der Waals surface area contributed by atoms with Crippen molar-refractivity contribution in [2.75, 3.05) is 25.5 Å². The summed E-state index contributed by atoms with van der Waals surface area (Å²) in [5.41, 5.74) is 3.25. The number of ether oxygens (including phenoxy) is 1. The molecule has 2 N–H and O–H groups in total. The van der Waals surface area contributed by atoms with E-state index in [0.717, 1.165) is 24.4 Å². The quantitative estimate of drug-likeness (QED) is 0.679. The smallest absolute Gasteiger partial charge is 0.225 e. The Bertz CT molecular complexity index is 683. The van der Waals surface area contributed by atoms with Gasteiger partial charge in [-0.1, -0.05) is 50.2 Å². The largest absolute Gasteiger partial charge is 0.496 e. The molecule has 0 aromatic heterocycles. The fraction of sp³-hybridized carbons (Fsp3) is 0.381. The molecule has 0 bridgehead atoms. The summed E-state index contributed by atoms with van der Waals surface area (Å²) < 4.78 is 5.35. The Labute approximate surface area is 150 Å². The number of amides is 1. The van der Waals surface area contributed by atoms with Gasteiger partial charge in [-0.05, 0) is 42.1 Å². The maximum absolute atomic E-state index is 12.1. The van der Waals surface area contributed by atoms with Crippen LogP contribution in [0.4, 0.5) is 5.69 Å². The minimum atomic E-state index is 0.0397. The lowest BCUT2D eigenvalue weighted by Crippen LogP contribution is -2.24. The average Bonchev–Trinajstić information content (AvgIpc) is 2.62. The molecule has 4 nitrogen and oxygen atoms in total.